The van der Waals surface area contributed by atoms with E-state index >= 15 is 0 Å². The minimum Gasteiger partial charge on any atom is -0.481 e. The third-order valence-corrected chi connectivity index (χ3v) is 5.80. The van der Waals surface area contributed by atoms with E-state index < -0.39 is 23.6 Å². The molecule has 0 fully saturated rings. The molecule has 0 saturated heterocycles. The molecule has 1 aliphatic heterocycles. The van der Waals surface area contributed by atoms with Crippen LogP contribution in [-0.4, -0.2) is 46.5 Å². The van der Waals surface area contributed by atoms with E-state index in [0.717, 1.165) is 34.5 Å². The van der Waals surface area contributed by atoms with Gasteiger partial charge in [0.2, 0.25) is 0 Å². The molecule has 7 heteroatoms. The van der Waals surface area contributed by atoms with Gasteiger partial charge in [-0.1, -0.05) is 50.3 Å². The monoisotopic (exact) mass is 480 g/mol. The Balaban J connectivity index is 2.09. The van der Waals surface area contributed by atoms with Gasteiger partial charge in [-0.25, -0.2) is 4.79 Å². The SMILES string of the molecule is CC(C)CN1C=C2CC(=O)C(CCC(=O)O)C=C2C(c2ccccc2)=C1CNC(=O)OC(C)(C)C. The van der Waals surface area contributed by atoms with Crippen LogP contribution in [0.5, 0.6) is 0 Å². The maximum absolute atomic E-state index is 12.9. The van der Waals surface area contributed by atoms with Gasteiger partial charge in [0.25, 0.3) is 0 Å². The summed E-state index contributed by atoms with van der Waals surface area (Å²) in [6, 6.07) is 9.90. The van der Waals surface area contributed by atoms with Gasteiger partial charge in [0.1, 0.15) is 11.4 Å². The Kier molecular flexibility index (Phi) is 8.20. The number of rotatable bonds is 8. The summed E-state index contributed by atoms with van der Waals surface area (Å²) in [5.41, 5.74) is 4.09. The zero-order chi connectivity index (χ0) is 25.8. The van der Waals surface area contributed by atoms with Gasteiger partial charge in [-0.05, 0) is 49.8 Å². The zero-order valence-electron chi connectivity index (χ0n) is 21.3. The van der Waals surface area contributed by atoms with Gasteiger partial charge < -0.3 is 20.1 Å². The van der Waals surface area contributed by atoms with Crippen molar-refractivity contribution in [1.82, 2.24) is 10.2 Å². The van der Waals surface area contributed by atoms with Crippen molar-refractivity contribution in [3.8, 4) is 0 Å². The minimum absolute atomic E-state index is 0.0356. The smallest absolute Gasteiger partial charge is 0.407 e. The minimum atomic E-state index is -0.912. The number of carbonyl (C=O) groups is 3. The highest BCUT2D eigenvalue weighted by Crippen LogP contribution is 2.42. The lowest BCUT2D eigenvalue weighted by atomic mass is 9.77. The number of benzene rings is 1. The first-order chi connectivity index (χ1) is 16.4. The van der Waals surface area contributed by atoms with Crippen molar-refractivity contribution in [2.75, 3.05) is 13.1 Å². The fourth-order valence-electron chi connectivity index (χ4n) is 4.41. The number of hydrogen-bond donors (Lipinski definition) is 2. The normalized spacial score (nSPS) is 18.2. The van der Waals surface area contributed by atoms with Crippen LogP contribution in [-0.2, 0) is 14.3 Å². The van der Waals surface area contributed by atoms with Crippen LogP contribution in [0.15, 0.2) is 59.5 Å². The summed E-state index contributed by atoms with van der Waals surface area (Å²) in [4.78, 5) is 38.7. The third kappa shape index (κ3) is 7.07. The van der Waals surface area contributed by atoms with Crippen LogP contribution in [0.3, 0.4) is 0 Å². The van der Waals surface area contributed by atoms with Gasteiger partial charge in [0, 0.05) is 42.8 Å². The maximum Gasteiger partial charge on any atom is 0.407 e. The highest BCUT2D eigenvalue weighted by Gasteiger charge is 2.33. The van der Waals surface area contributed by atoms with E-state index in [2.05, 4.69) is 24.1 Å². The maximum atomic E-state index is 12.9. The average molecular weight is 481 g/mol. The molecule has 1 amide bonds. The van der Waals surface area contributed by atoms with Gasteiger partial charge in [-0.15, -0.1) is 0 Å². The fraction of sp³-hybridized carbons (Fsp3) is 0.464. The summed E-state index contributed by atoms with van der Waals surface area (Å²) in [5, 5.41) is 12.1. The van der Waals surface area contributed by atoms with Crippen LogP contribution < -0.4 is 5.32 Å². The number of carboxylic acids is 1. The van der Waals surface area contributed by atoms with E-state index in [1.54, 1.807) is 0 Å². The summed E-state index contributed by atoms with van der Waals surface area (Å²) in [5.74, 6) is -0.985. The molecule has 35 heavy (non-hydrogen) atoms. The standard InChI is InChI=1S/C28H36N2O5/c1-18(2)16-30-17-21-14-24(31)20(11-12-25(32)33)13-22(21)26(19-9-7-6-8-10-19)23(30)15-29-27(34)35-28(3,4)5/h6-10,13,17-18,20H,11-12,14-16H2,1-5H3,(H,29,34)(H,32,33). The summed E-state index contributed by atoms with van der Waals surface area (Å²) in [6.07, 6.45) is 3.90. The number of ether oxygens (including phenoxy) is 1. The molecule has 1 unspecified atom stereocenters. The number of nitrogens with zero attached hydrogens (tertiary/aromatic N) is 1. The van der Waals surface area contributed by atoms with Gasteiger partial charge in [0.05, 0.1) is 6.54 Å². The Morgan fingerprint density at radius 2 is 1.89 bits per heavy atom. The van der Waals surface area contributed by atoms with Crippen molar-refractivity contribution in [2.45, 2.75) is 59.5 Å². The number of nitrogens with one attached hydrogen (secondary N) is 1. The highest BCUT2D eigenvalue weighted by molar-refractivity contribution is 5.96. The summed E-state index contributed by atoms with van der Waals surface area (Å²) in [7, 11) is 0. The quantitative estimate of drug-likeness (QED) is 0.534. The van der Waals surface area contributed by atoms with Gasteiger partial charge in [-0.3, -0.25) is 9.59 Å². The van der Waals surface area contributed by atoms with E-state index in [9.17, 15) is 14.4 Å². The second-order valence-corrected chi connectivity index (χ2v) is 10.5. The zero-order valence-corrected chi connectivity index (χ0v) is 21.3. The summed E-state index contributed by atoms with van der Waals surface area (Å²) >= 11 is 0. The van der Waals surface area contributed by atoms with Crippen molar-refractivity contribution in [3.63, 3.8) is 0 Å². The lowest BCUT2D eigenvalue weighted by molar-refractivity contribution is -0.137. The van der Waals surface area contributed by atoms with E-state index in [0.29, 0.717) is 5.92 Å². The van der Waals surface area contributed by atoms with Crippen LogP contribution in [0.25, 0.3) is 5.57 Å². The predicted octanol–water partition coefficient (Wildman–Crippen LogP) is 5.16. The van der Waals surface area contributed by atoms with Crippen molar-refractivity contribution in [1.29, 1.82) is 0 Å². The molecule has 1 aromatic carbocycles. The number of hydrogen-bond acceptors (Lipinski definition) is 5. The number of aliphatic carboxylic acids is 1. The number of alkyl carbamates (subject to hydrolysis) is 1. The van der Waals surface area contributed by atoms with Crippen LogP contribution in [0, 0.1) is 11.8 Å². The predicted molar refractivity (Wildman–Crippen MR) is 135 cm³/mol. The molecule has 2 N–H and O–H groups in total. The molecule has 1 aliphatic carbocycles. The van der Waals surface area contributed by atoms with E-state index in [1.165, 1.54) is 0 Å². The molecule has 2 aliphatic rings. The Hall–Kier alpha value is -3.35. The van der Waals surface area contributed by atoms with Crippen LogP contribution in [0.1, 0.15) is 59.4 Å². The third-order valence-electron chi connectivity index (χ3n) is 5.80. The first-order valence-corrected chi connectivity index (χ1v) is 12.1. The molecule has 7 nitrogen and oxygen atoms in total. The second kappa shape index (κ2) is 10.9. The first-order valence-electron chi connectivity index (χ1n) is 12.1. The highest BCUT2D eigenvalue weighted by atomic mass is 16.6. The number of ketones is 1. The van der Waals surface area contributed by atoms with E-state index in [-0.39, 0.29) is 31.6 Å². The van der Waals surface area contributed by atoms with Crippen LogP contribution >= 0.6 is 0 Å². The Bertz CT molecular complexity index is 1060. The Morgan fingerprint density at radius 1 is 1.20 bits per heavy atom. The van der Waals surface area contributed by atoms with Crippen molar-refractivity contribution >= 4 is 23.4 Å². The van der Waals surface area contributed by atoms with E-state index in [1.807, 2.05) is 63.4 Å². The number of carboxylic acid groups (broad SMARTS) is 1. The molecule has 0 spiro atoms. The molecule has 0 radical (unpaired) electrons. The molecule has 0 aromatic heterocycles. The largest absolute Gasteiger partial charge is 0.481 e. The number of allylic oxidation sites excluding steroid dienone is 4. The van der Waals surface area contributed by atoms with Gasteiger partial charge in [0.15, 0.2) is 0 Å². The molecular weight excluding hydrogens is 444 g/mol. The van der Waals surface area contributed by atoms with Crippen molar-refractivity contribution < 1.29 is 24.2 Å². The number of amides is 1. The van der Waals surface area contributed by atoms with Crippen molar-refractivity contribution in [2.24, 2.45) is 11.8 Å². The summed E-state index contributed by atoms with van der Waals surface area (Å²) < 4.78 is 5.46. The Morgan fingerprint density at radius 3 is 2.49 bits per heavy atom. The number of carbonyl (C=O) groups excluding carboxylic acids is 2. The molecule has 188 valence electrons. The lowest BCUT2D eigenvalue weighted by Crippen LogP contribution is -2.38. The van der Waals surface area contributed by atoms with Crippen LogP contribution in [0.2, 0.25) is 0 Å². The van der Waals surface area contributed by atoms with Crippen LogP contribution in [0.4, 0.5) is 4.79 Å². The molecule has 0 bridgehead atoms. The van der Waals surface area contributed by atoms with Gasteiger partial charge >= 0.3 is 12.1 Å². The number of fused-ring (bicyclic) bond motifs is 1. The fourth-order valence-corrected chi connectivity index (χ4v) is 4.41. The van der Waals surface area contributed by atoms with Gasteiger partial charge in [-0.2, -0.15) is 0 Å². The topological polar surface area (TPSA) is 95.9 Å². The summed E-state index contributed by atoms with van der Waals surface area (Å²) in [6.45, 7) is 10.7. The second-order valence-electron chi connectivity index (χ2n) is 10.5. The first kappa shape index (κ1) is 26.3. The lowest BCUT2D eigenvalue weighted by Gasteiger charge is -2.37. The van der Waals surface area contributed by atoms with E-state index in [4.69, 9.17) is 9.84 Å². The number of Topliss-reactive ketones (excluding diaryl/α,β-unsaturated/α-hetero) is 1. The molecular formula is C28H36N2O5. The van der Waals surface area contributed by atoms with Crippen molar-refractivity contribution in [3.05, 3.63) is 65.0 Å². The molecule has 1 aromatic rings. The molecule has 0 saturated carbocycles. The molecule has 3 rings (SSSR count). The molecule has 1 heterocycles. The average Bonchev–Trinajstić information content (AvgIpc) is 2.75. The molecule has 1 atom stereocenters. The Labute approximate surface area is 207 Å².